The molecule has 0 heterocycles. The summed E-state index contributed by atoms with van der Waals surface area (Å²) in [6.45, 7) is 4.20. The largest absolute Gasteiger partial charge is 0.466 e. The number of esters is 1. The van der Waals surface area contributed by atoms with Crippen molar-refractivity contribution in [2.75, 3.05) is 6.61 Å². The number of hydrogen-bond acceptors (Lipinski definition) is 2. The molecule has 1 aliphatic rings. The Kier molecular flexibility index (Phi) is 3.74. The summed E-state index contributed by atoms with van der Waals surface area (Å²) in [7, 11) is 0. The van der Waals surface area contributed by atoms with Crippen molar-refractivity contribution < 1.29 is 9.53 Å². The van der Waals surface area contributed by atoms with Gasteiger partial charge in [0.2, 0.25) is 0 Å². The summed E-state index contributed by atoms with van der Waals surface area (Å²) in [6, 6.07) is 0. The van der Waals surface area contributed by atoms with Crippen LogP contribution in [0.4, 0.5) is 0 Å². The van der Waals surface area contributed by atoms with E-state index in [0.29, 0.717) is 6.61 Å². The van der Waals surface area contributed by atoms with Crippen LogP contribution in [0.15, 0.2) is 24.3 Å². The van der Waals surface area contributed by atoms with Gasteiger partial charge in [-0.1, -0.05) is 31.2 Å². The molecule has 0 saturated heterocycles. The second-order valence-corrected chi connectivity index (χ2v) is 3.21. The molecular formula is C11H16O2. The van der Waals surface area contributed by atoms with Gasteiger partial charge in [-0.15, -0.1) is 0 Å². The molecule has 0 fully saturated rings. The Labute approximate surface area is 79.3 Å². The number of rotatable bonds is 3. The lowest BCUT2D eigenvalue weighted by molar-refractivity contribution is -0.148. The first-order valence-electron chi connectivity index (χ1n) is 4.75. The lowest BCUT2D eigenvalue weighted by Crippen LogP contribution is -2.21. The quantitative estimate of drug-likeness (QED) is 0.492. The van der Waals surface area contributed by atoms with E-state index in [0.717, 1.165) is 6.42 Å². The third-order valence-electron chi connectivity index (χ3n) is 2.22. The zero-order valence-corrected chi connectivity index (χ0v) is 8.19. The Bertz CT molecular complexity index is 216. The molecule has 0 aromatic heterocycles. The average molecular weight is 180 g/mol. The van der Waals surface area contributed by atoms with Crippen LogP contribution in [-0.4, -0.2) is 12.6 Å². The lowest BCUT2D eigenvalue weighted by atomic mass is 9.90. The Morgan fingerprint density at radius 2 is 2.15 bits per heavy atom. The van der Waals surface area contributed by atoms with Gasteiger partial charge < -0.3 is 4.74 Å². The van der Waals surface area contributed by atoms with E-state index in [4.69, 9.17) is 4.74 Å². The topological polar surface area (TPSA) is 26.3 Å². The van der Waals surface area contributed by atoms with Crippen LogP contribution in [0, 0.1) is 11.8 Å². The van der Waals surface area contributed by atoms with E-state index >= 15 is 0 Å². The van der Waals surface area contributed by atoms with E-state index in [1.165, 1.54) is 0 Å². The van der Waals surface area contributed by atoms with Crippen LogP contribution < -0.4 is 0 Å². The van der Waals surface area contributed by atoms with Gasteiger partial charge in [0.05, 0.1) is 12.5 Å². The molecule has 0 spiro atoms. The number of ether oxygens (including phenoxy) is 1. The molecule has 0 amide bonds. The first kappa shape index (κ1) is 10.0. The highest BCUT2D eigenvalue weighted by Gasteiger charge is 2.21. The van der Waals surface area contributed by atoms with Gasteiger partial charge in [0.25, 0.3) is 0 Å². The van der Waals surface area contributed by atoms with Gasteiger partial charge in [0.1, 0.15) is 0 Å². The molecule has 0 aliphatic heterocycles. The molecule has 0 N–H and O–H groups in total. The molecular weight excluding hydrogens is 164 g/mol. The van der Waals surface area contributed by atoms with Gasteiger partial charge in [-0.05, 0) is 13.3 Å². The molecule has 0 radical (unpaired) electrons. The van der Waals surface area contributed by atoms with Gasteiger partial charge in [0, 0.05) is 5.92 Å². The first-order valence-corrected chi connectivity index (χ1v) is 4.75. The predicted molar refractivity (Wildman–Crippen MR) is 52.2 cm³/mol. The minimum Gasteiger partial charge on any atom is -0.466 e. The van der Waals surface area contributed by atoms with Crippen LogP contribution in [-0.2, 0) is 9.53 Å². The summed E-state index contributed by atoms with van der Waals surface area (Å²) in [5.74, 6) is 0.0456. The zero-order chi connectivity index (χ0) is 9.68. The fourth-order valence-corrected chi connectivity index (χ4v) is 1.38. The minimum atomic E-state index is -0.108. The zero-order valence-electron chi connectivity index (χ0n) is 8.19. The van der Waals surface area contributed by atoms with E-state index in [1.807, 2.05) is 13.8 Å². The van der Waals surface area contributed by atoms with E-state index in [1.54, 1.807) is 0 Å². The molecule has 0 bridgehead atoms. The van der Waals surface area contributed by atoms with Gasteiger partial charge >= 0.3 is 5.97 Å². The molecule has 2 heteroatoms. The van der Waals surface area contributed by atoms with E-state index in [2.05, 4.69) is 24.3 Å². The lowest BCUT2D eigenvalue weighted by Gasteiger charge is -2.17. The summed E-state index contributed by atoms with van der Waals surface area (Å²) in [4.78, 5) is 11.4. The standard InChI is InChI=1S/C11H16O2/c1-3-13-11(12)9(2)10-7-5-4-6-8-10/h5-10H,3-4H2,1-2H3. The normalized spacial score (nSPS) is 18.6. The van der Waals surface area contributed by atoms with Gasteiger partial charge in [0.15, 0.2) is 0 Å². The van der Waals surface area contributed by atoms with Gasteiger partial charge in [-0.25, -0.2) is 0 Å². The maximum atomic E-state index is 11.4. The average Bonchev–Trinajstić information content (AvgIpc) is 2.18. The Morgan fingerprint density at radius 3 is 2.69 bits per heavy atom. The molecule has 0 aromatic rings. The van der Waals surface area contributed by atoms with Gasteiger partial charge in [-0.2, -0.15) is 0 Å². The van der Waals surface area contributed by atoms with Crippen LogP contribution in [0.5, 0.6) is 0 Å². The highest BCUT2D eigenvalue weighted by atomic mass is 16.5. The van der Waals surface area contributed by atoms with Crippen LogP contribution >= 0.6 is 0 Å². The summed E-state index contributed by atoms with van der Waals surface area (Å²) in [5, 5.41) is 0. The summed E-state index contributed by atoms with van der Waals surface area (Å²) >= 11 is 0. The second-order valence-electron chi connectivity index (χ2n) is 3.21. The molecule has 0 aromatic carbocycles. The van der Waals surface area contributed by atoms with Crippen molar-refractivity contribution in [2.24, 2.45) is 11.8 Å². The number of carbonyl (C=O) groups excluding carboxylic acids is 1. The highest BCUT2D eigenvalue weighted by Crippen LogP contribution is 2.20. The minimum absolute atomic E-state index is 0.0623. The Hall–Kier alpha value is -1.05. The SMILES string of the molecule is CCOC(=O)C(C)C1C=CCC=C1. The Balaban J connectivity index is 2.50. The molecule has 2 nitrogen and oxygen atoms in total. The van der Waals surface area contributed by atoms with Crippen LogP contribution in [0.2, 0.25) is 0 Å². The number of carbonyl (C=O) groups is 1. The van der Waals surface area contributed by atoms with Crippen molar-refractivity contribution >= 4 is 5.97 Å². The monoisotopic (exact) mass is 180 g/mol. The Morgan fingerprint density at radius 1 is 1.54 bits per heavy atom. The van der Waals surface area contributed by atoms with Crippen molar-refractivity contribution in [2.45, 2.75) is 20.3 Å². The molecule has 1 rings (SSSR count). The van der Waals surface area contributed by atoms with Crippen LogP contribution in [0.1, 0.15) is 20.3 Å². The van der Waals surface area contributed by atoms with E-state index < -0.39 is 0 Å². The van der Waals surface area contributed by atoms with Crippen LogP contribution in [0.3, 0.4) is 0 Å². The first-order chi connectivity index (χ1) is 6.25. The van der Waals surface area contributed by atoms with Crippen LogP contribution in [0.25, 0.3) is 0 Å². The molecule has 1 unspecified atom stereocenters. The molecule has 1 atom stereocenters. The third kappa shape index (κ3) is 2.72. The highest BCUT2D eigenvalue weighted by molar-refractivity contribution is 5.73. The third-order valence-corrected chi connectivity index (χ3v) is 2.22. The molecule has 0 saturated carbocycles. The smallest absolute Gasteiger partial charge is 0.309 e. The second kappa shape index (κ2) is 4.85. The number of allylic oxidation sites excluding steroid dienone is 4. The summed E-state index contributed by atoms with van der Waals surface area (Å²) in [6.07, 6.45) is 9.29. The maximum Gasteiger partial charge on any atom is 0.309 e. The summed E-state index contributed by atoms with van der Waals surface area (Å²) < 4.78 is 4.95. The fourth-order valence-electron chi connectivity index (χ4n) is 1.38. The van der Waals surface area contributed by atoms with Crippen molar-refractivity contribution in [1.82, 2.24) is 0 Å². The van der Waals surface area contributed by atoms with Gasteiger partial charge in [-0.3, -0.25) is 4.79 Å². The van der Waals surface area contributed by atoms with E-state index in [-0.39, 0.29) is 17.8 Å². The predicted octanol–water partition coefficient (Wildman–Crippen LogP) is 2.32. The van der Waals surface area contributed by atoms with Crippen molar-refractivity contribution in [3.63, 3.8) is 0 Å². The van der Waals surface area contributed by atoms with Crippen molar-refractivity contribution in [3.8, 4) is 0 Å². The summed E-state index contributed by atoms with van der Waals surface area (Å²) in [5.41, 5.74) is 0. The molecule has 1 aliphatic carbocycles. The van der Waals surface area contributed by atoms with Crippen molar-refractivity contribution in [1.29, 1.82) is 0 Å². The molecule has 72 valence electrons. The molecule has 13 heavy (non-hydrogen) atoms. The van der Waals surface area contributed by atoms with Crippen molar-refractivity contribution in [3.05, 3.63) is 24.3 Å². The fraction of sp³-hybridized carbons (Fsp3) is 0.545. The maximum absolute atomic E-state index is 11.4. The van der Waals surface area contributed by atoms with E-state index in [9.17, 15) is 4.79 Å². The number of hydrogen-bond donors (Lipinski definition) is 0.